The second-order valence-corrected chi connectivity index (χ2v) is 5.88. The summed E-state index contributed by atoms with van der Waals surface area (Å²) >= 11 is 0. The molecule has 0 saturated heterocycles. The average molecular weight is 280 g/mol. The molecule has 2 rings (SSSR count). The van der Waals surface area contributed by atoms with Gasteiger partial charge in [0.05, 0.1) is 22.0 Å². The topological polar surface area (TPSA) is 101 Å². The minimum absolute atomic E-state index is 0.167. The quantitative estimate of drug-likeness (QED) is 0.785. The molecule has 19 heavy (non-hydrogen) atoms. The van der Waals surface area contributed by atoms with E-state index in [-0.39, 0.29) is 11.4 Å². The third-order valence-corrected chi connectivity index (χ3v) is 4.30. The Bertz CT molecular complexity index is 672. The number of nitrogens with two attached hydrogens (primary N) is 1. The van der Waals surface area contributed by atoms with Crippen molar-refractivity contribution in [1.29, 1.82) is 0 Å². The van der Waals surface area contributed by atoms with Gasteiger partial charge < -0.3 is 5.73 Å². The lowest BCUT2D eigenvalue weighted by atomic mass is 10.2. The van der Waals surface area contributed by atoms with Gasteiger partial charge in [-0.1, -0.05) is 18.2 Å². The highest BCUT2D eigenvalue weighted by Crippen LogP contribution is 2.23. The number of hydrogen-bond acceptors (Lipinski definition) is 4. The van der Waals surface area contributed by atoms with Gasteiger partial charge in [0.15, 0.2) is 0 Å². The minimum atomic E-state index is -3.66. The summed E-state index contributed by atoms with van der Waals surface area (Å²) in [7, 11) is -3.66. The maximum Gasteiger partial charge on any atom is 0.262 e. The molecule has 1 heterocycles. The third-order valence-electron chi connectivity index (χ3n) is 2.85. The van der Waals surface area contributed by atoms with Gasteiger partial charge in [-0.15, -0.1) is 0 Å². The fourth-order valence-electron chi connectivity index (χ4n) is 1.83. The summed E-state index contributed by atoms with van der Waals surface area (Å²) in [4.78, 5) is 0.192. The Morgan fingerprint density at radius 2 is 2.00 bits per heavy atom. The van der Waals surface area contributed by atoms with Crippen LogP contribution in [-0.2, 0) is 16.6 Å². The van der Waals surface area contributed by atoms with Crippen molar-refractivity contribution in [2.75, 3.05) is 4.72 Å². The van der Waals surface area contributed by atoms with Crippen molar-refractivity contribution >= 4 is 15.7 Å². The number of nitrogens with zero attached hydrogens (tertiary/aromatic N) is 1. The van der Waals surface area contributed by atoms with E-state index in [1.165, 1.54) is 6.07 Å². The van der Waals surface area contributed by atoms with Crippen LogP contribution in [0.15, 0.2) is 29.2 Å². The number of nitrogens with one attached hydrogen (secondary N) is 2. The Morgan fingerprint density at radius 3 is 2.58 bits per heavy atom. The molecule has 0 saturated carbocycles. The molecule has 7 heteroatoms. The Morgan fingerprint density at radius 1 is 1.32 bits per heavy atom. The molecule has 0 radical (unpaired) electrons. The van der Waals surface area contributed by atoms with E-state index in [1.54, 1.807) is 32.0 Å². The Labute approximate surface area is 112 Å². The van der Waals surface area contributed by atoms with Crippen LogP contribution < -0.4 is 10.5 Å². The molecule has 0 atom stereocenters. The summed E-state index contributed by atoms with van der Waals surface area (Å²) in [5.74, 6) is 0. The minimum Gasteiger partial charge on any atom is -0.326 e. The summed E-state index contributed by atoms with van der Waals surface area (Å²) in [6, 6.07) is 6.66. The number of anilines is 1. The van der Waals surface area contributed by atoms with Crippen LogP contribution >= 0.6 is 0 Å². The van der Waals surface area contributed by atoms with Crippen LogP contribution in [0.4, 0.5) is 5.69 Å². The van der Waals surface area contributed by atoms with Crippen LogP contribution in [0.25, 0.3) is 0 Å². The predicted octanol–water partition coefficient (Wildman–Crippen LogP) is 1.29. The molecule has 0 bridgehead atoms. The number of aromatic amines is 1. The Kier molecular flexibility index (Phi) is 3.59. The Balaban J connectivity index is 2.44. The number of aryl methyl sites for hydroxylation is 2. The van der Waals surface area contributed by atoms with Crippen LogP contribution in [0.5, 0.6) is 0 Å². The summed E-state index contributed by atoms with van der Waals surface area (Å²) in [5.41, 5.74) is 7.90. The zero-order valence-corrected chi connectivity index (χ0v) is 11.6. The molecule has 0 fully saturated rings. The average Bonchev–Trinajstić information content (AvgIpc) is 2.70. The molecule has 0 aliphatic carbocycles. The molecule has 0 amide bonds. The monoisotopic (exact) mass is 280 g/mol. The van der Waals surface area contributed by atoms with Gasteiger partial charge in [0.25, 0.3) is 10.0 Å². The number of aromatic nitrogens is 2. The molecule has 0 unspecified atom stereocenters. The lowest BCUT2D eigenvalue weighted by Crippen LogP contribution is -2.17. The van der Waals surface area contributed by atoms with E-state index >= 15 is 0 Å². The van der Waals surface area contributed by atoms with Crippen LogP contribution in [0.3, 0.4) is 0 Å². The normalized spacial score (nSPS) is 11.5. The maximum absolute atomic E-state index is 12.4. The second-order valence-electron chi connectivity index (χ2n) is 4.23. The van der Waals surface area contributed by atoms with Crippen LogP contribution in [0.2, 0.25) is 0 Å². The van der Waals surface area contributed by atoms with E-state index in [2.05, 4.69) is 14.9 Å². The number of hydrogen-bond donors (Lipinski definition) is 3. The Hall–Kier alpha value is -1.86. The van der Waals surface area contributed by atoms with Gasteiger partial charge in [-0.2, -0.15) is 5.10 Å². The van der Waals surface area contributed by atoms with Crippen molar-refractivity contribution in [3.63, 3.8) is 0 Å². The van der Waals surface area contributed by atoms with Gasteiger partial charge >= 0.3 is 0 Å². The first-order valence-electron chi connectivity index (χ1n) is 5.78. The van der Waals surface area contributed by atoms with Gasteiger partial charge in [-0.05, 0) is 25.5 Å². The van der Waals surface area contributed by atoms with E-state index in [4.69, 9.17) is 5.73 Å². The van der Waals surface area contributed by atoms with Gasteiger partial charge in [-0.3, -0.25) is 9.82 Å². The zero-order chi connectivity index (χ0) is 14.0. The van der Waals surface area contributed by atoms with Gasteiger partial charge in [0.2, 0.25) is 0 Å². The van der Waals surface area contributed by atoms with Gasteiger partial charge in [0.1, 0.15) is 0 Å². The summed E-state index contributed by atoms with van der Waals surface area (Å²) in [6.45, 7) is 3.66. The second kappa shape index (κ2) is 5.02. The molecule has 0 aliphatic rings. The first kappa shape index (κ1) is 13.6. The van der Waals surface area contributed by atoms with Crippen LogP contribution in [-0.4, -0.2) is 18.6 Å². The molecular formula is C12H16N4O2S. The molecule has 0 spiro atoms. The summed E-state index contributed by atoms with van der Waals surface area (Å²) in [6.07, 6.45) is 0. The van der Waals surface area contributed by atoms with E-state index in [0.29, 0.717) is 22.6 Å². The summed E-state index contributed by atoms with van der Waals surface area (Å²) < 4.78 is 27.3. The highest BCUT2D eigenvalue weighted by atomic mass is 32.2. The van der Waals surface area contributed by atoms with Crippen molar-refractivity contribution < 1.29 is 8.42 Å². The molecule has 2 aromatic rings. The van der Waals surface area contributed by atoms with E-state index in [0.717, 1.165) is 0 Å². The largest absolute Gasteiger partial charge is 0.326 e. The maximum atomic E-state index is 12.4. The first-order valence-corrected chi connectivity index (χ1v) is 7.26. The molecular weight excluding hydrogens is 264 g/mol. The van der Waals surface area contributed by atoms with E-state index in [1.807, 2.05) is 0 Å². The molecule has 6 nitrogen and oxygen atoms in total. The first-order chi connectivity index (χ1) is 8.95. The predicted molar refractivity (Wildman–Crippen MR) is 73.2 cm³/mol. The fourth-order valence-corrected chi connectivity index (χ4v) is 3.26. The third kappa shape index (κ3) is 2.61. The number of rotatable bonds is 4. The van der Waals surface area contributed by atoms with Gasteiger partial charge in [0, 0.05) is 6.54 Å². The number of benzene rings is 1. The molecule has 1 aromatic carbocycles. The van der Waals surface area contributed by atoms with Crippen molar-refractivity contribution in [2.45, 2.75) is 25.3 Å². The highest BCUT2D eigenvalue weighted by molar-refractivity contribution is 7.92. The molecule has 0 aliphatic heterocycles. The van der Waals surface area contributed by atoms with Crippen LogP contribution in [0, 0.1) is 13.8 Å². The van der Waals surface area contributed by atoms with E-state index < -0.39 is 10.0 Å². The molecule has 102 valence electrons. The molecule has 4 N–H and O–H groups in total. The van der Waals surface area contributed by atoms with E-state index in [9.17, 15) is 8.42 Å². The zero-order valence-electron chi connectivity index (χ0n) is 10.8. The standard InChI is InChI=1S/C12H16N4O2S/c1-8-12(9(2)15-14-8)16-19(17,18)11-6-4-3-5-10(11)7-13/h3-6,16H,7,13H2,1-2H3,(H,14,15). The lowest BCUT2D eigenvalue weighted by molar-refractivity contribution is 0.600. The van der Waals surface area contributed by atoms with Crippen molar-refractivity contribution in [2.24, 2.45) is 5.73 Å². The number of sulfonamides is 1. The fraction of sp³-hybridized carbons (Fsp3) is 0.250. The smallest absolute Gasteiger partial charge is 0.262 e. The lowest BCUT2D eigenvalue weighted by Gasteiger charge is -2.11. The van der Waals surface area contributed by atoms with Gasteiger partial charge in [-0.25, -0.2) is 8.42 Å². The van der Waals surface area contributed by atoms with Crippen LogP contribution in [0.1, 0.15) is 17.0 Å². The van der Waals surface area contributed by atoms with Crippen molar-refractivity contribution in [3.05, 3.63) is 41.2 Å². The number of H-pyrrole nitrogens is 1. The highest BCUT2D eigenvalue weighted by Gasteiger charge is 2.20. The SMILES string of the molecule is Cc1n[nH]c(C)c1NS(=O)(=O)c1ccccc1CN. The van der Waals surface area contributed by atoms with Crippen molar-refractivity contribution in [3.8, 4) is 0 Å². The summed E-state index contributed by atoms with van der Waals surface area (Å²) in [5, 5.41) is 6.70. The van der Waals surface area contributed by atoms with Crippen molar-refractivity contribution in [1.82, 2.24) is 10.2 Å². The molecule has 1 aromatic heterocycles.